The van der Waals surface area contributed by atoms with Gasteiger partial charge in [-0.3, -0.25) is 0 Å². The maximum Gasteiger partial charge on any atom is 0.0942 e. The number of aliphatic hydroxyl groups is 2. The number of aliphatic hydroxyl groups excluding tert-OH is 2. The fourth-order valence-corrected chi connectivity index (χ4v) is 2.66. The summed E-state index contributed by atoms with van der Waals surface area (Å²) in [5.74, 6) is 0. The van der Waals surface area contributed by atoms with Gasteiger partial charge in [-0.25, -0.2) is 4.98 Å². The smallest absolute Gasteiger partial charge is 0.0942 e. The third-order valence-corrected chi connectivity index (χ3v) is 4.26. The predicted octanol–water partition coefficient (Wildman–Crippen LogP) is 3.71. The Labute approximate surface area is 154 Å². The number of aryl methyl sites for hydroxylation is 2. The maximum absolute atomic E-state index is 9.62. The van der Waals surface area contributed by atoms with E-state index in [1.165, 1.54) is 11.1 Å². The first-order chi connectivity index (χ1) is 11.6. The summed E-state index contributed by atoms with van der Waals surface area (Å²) in [6.07, 6.45) is -0.790. The van der Waals surface area contributed by atoms with Crippen molar-refractivity contribution in [2.75, 3.05) is 18.5 Å². The van der Waals surface area contributed by atoms with Crippen LogP contribution in [-0.2, 0) is 0 Å². The van der Waals surface area contributed by atoms with Gasteiger partial charge in [0.25, 0.3) is 0 Å². The molecule has 3 rings (SSSR count). The minimum atomic E-state index is -0.790. The molecule has 0 saturated heterocycles. The van der Waals surface area contributed by atoms with E-state index in [2.05, 4.69) is 37.4 Å². The number of anilines is 1. The van der Waals surface area contributed by atoms with Crippen LogP contribution in [0.15, 0.2) is 48.5 Å². The van der Waals surface area contributed by atoms with Gasteiger partial charge in [0.1, 0.15) is 0 Å². The van der Waals surface area contributed by atoms with Crippen LogP contribution in [0.25, 0.3) is 22.2 Å². The highest BCUT2D eigenvalue weighted by atomic mass is 35.5. The van der Waals surface area contributed by atoms with Crippen molar-refractivity contribution >= 4 is 29.0 Å². The zero-order valence-electron chi connectivity index (χ0n) is 14.4. The topological polar surface area (TPSA) is 65.4 Å². The Hall–Kier alpha value is -2.14. The molecule has 1 atom stereocenters. The van der Waals surface area contributed by atoms with Crippen molar-refractivity contribution in [1.29, 1.82) is 0 Å². The number of hydrogen-bond donors (Lipinski definition) is 3. The summed E-state index contributed by atoms with van der Waals surface area (Å²) < 4.78 is 0. The Kier molecular flexibility index (Phi) is 6.37. The molecule has 0 unspecified atom stereocenters. The first-order valence-electron chi connectivity index (χ1n) is 8.08. The molecule has 0 aliphatic rings. The summed E-state index contributed by atoms with van der Waals surface area (Å²) in [6, 6.07) is 16.2. The number of halogens is 1. The molecular weight excluding hydrogens is 336 g/mol. The van der Waals surface area contributed by atoms with E-state index in [9.17, 15) is 5.11 Å². The Balaban J connectivity index is 0.00000225. The molecular formula is C20H23ClN2O2. The molecule has 0 amide bonds. The van der Waals surface area contributed by atoms with Gasteiger partial charge < -0.3 is 15.5 Å². The van der Waals surface area contributed by atoms with Gasteiger partial charge in [-0.1, -0.05) is 30.3 Å². The first kappa shape index (κ1) is 19.2. The van der Waals surface area contributed by atoms with Crippen molar-refractivity contribution in [2.45, 2.75) is 20.0 Å². The molecule has 0 saturated carbocycles. The molecule has 5 heteroatoms. The van der Waals surface area contributed by atoms with Crippen LogP contribution in [0, 0.1) is 13.8 Å². The number of aromatic nitrogens is 1. The molecule has 1 heterocycles. The van der Waals surface area contributed by atoms with Crippen molar-refractivity contribution in [3.05, 3.63) is 59.7 Å². The third kappa shape index (κ3) is 4.28. The van der Waals surface area contributed by atoms with Crippen LogP contribution in [0.1, 0.15) is 11.1 Å². The largest absolute Gasteiger partial charge is 0.394 e. The SMILES string of the molecule is Cc1ccc(-c2cc(NC[C@H](O)CO)c3ccccc3n2)cc1C.Cl. The van der Waals surface area contributed by atoms with E-state index in [4.69, 9.17) is 10.1 Å². The lowest BCUT2D eigenvalue weighted by Gasteiger charge is -2.14. The number of fused-ring (bicyclic) bond motifs is 1. The average Bonchev–Trinajstić information content (AvgIpc) is 2.61. The fraction of sp³-hybridized carbons (Fsp3) is 0.250. The Morgan fingerprint density at radius 2 is 1.80 bits per heavy atom. The molecule has 3 aromatic rings. The summed E-state index contributed by atoms with van der Waals surface area (Å²) in [6.45, 7) is 4.21. The van der Waals surface area contributed by atoms with E-state index >= 15 is 0 Å². The second-order valence-corrected chi connectivity index (χ2v) is 6.09. The van der Waals surface area contributed by atoms with E-state index in [0.29, 0.717) is 0 Å². The van der Waals surface area contributed by atoms with Gasteiger partial charge >= 0.3 is 0 Å². The standard InChI is InChI=1S/C20H22N2O2.ClH/c1-13-7-8-15(9-14(13)2)19-10-20(21-11-16(24)12-23)17-5-3-4-6-18(17)22-19;/h3-10,16,23-24H,11-12H2,1-2H3,(H,21,22);1H/t16-;/m0./s1. The monoisotopic (exact) mass is 358 g/mol. The molecule has 2 aromatic carbocycles. The van der Waals surface area contributed by atoms with Crippen LogP contribution < -0.4 is 5.32 Å². The Bertz CT molecular complexity index is 867. The number of pyridine rings is 1. The van der Waals surface area contributed by atoms with Crippen molar-refractivity contribution in [3.8, 4) is 11.3 Å². The Morgan fingerprint density at radius 3 is 2.52 bits per heavy atom. The van der Waals surface area contributed by atoms with Crippen LogP contribution in [0.3, 0.4) is 0 Å². The molecule has 0 aliphatic heterocycles. The van der Waals surface area contributed by atoms with Gasteiger partial charge in [-0.2, -0.15) is 0 Å². The second-order valence-electron chi connectivity index (χ2n) is 6.09. The number of hydrogen-bond acceptors (Lipinski definition) is 4. The van der Waals surface area contributed by atoms with E-state index in [0.717, 1.165) is 27.8 Å². The molecule has 1 aromatic heterocycles. The van der Waals surface area contributed by atoms with Gasteiger partial charge in [0, 0.05) is 23.2 Å². The lowest BCUT2D eigenvalue weighted by Crippen LogP contribution is -2.23. The number of benzene rings is 2. The molecule has 0 fully saturated rings. The van der Waals surface area contributed by atoms with Gasteiger partial charge in [-0.15, -0.1) is 12.4 Å². The average molecular weight is 359 g/mol. The highest BCUT2D eigenvalue weighted by molar-refractivity contribution is 5.93. The van der Waals surface area contributed by atoms with Gasteiger partial charge in [0.05, 0.1) is 23.9 Å². The van der Waals surface area contributed by atoms with Gasteiger partial charge in [0.2, 0.25) is 0 Å². The predicted molar refractivity (Wildman–Crippen MR) is 105 cm³/mol. The zero-order valence-corrected chi connectivity index (χ0v) is 15.2. The zero-order chi connectivity index (χ0) is 17.1. The number of para-hydroxylation sites is 1. The second kappa shape index (κ2) is 8.30. The van der Waals surface area contributed by atoms with Crippen LogP contribution in [0.5, 0.6) is 0 Å². The molecule has 4 nitrogen and oxygen atoms in total. The summed E-state index contributed by atoms with van der Waals surface area (Å²) in [5.41, 5.74) is 6.24. The minimum Gasteiger partial charge on any atom is -0.394 e. The molecule has 132 valence electrons. The van der Waals surface area contributed by atoms with Crippen LogP contribution in [0.2, 0.25) is 0 Å². The van der Waals surface area contributed by atoms with Gasteiger partial charge in [-0.05, 0) is 43.2 Å². The van der Waals surface area contributed by atoms with E-state index < -0.39 is 6.10 Å². The fourth-order valence-electron chi connectivity index (χ4n) is 2.66. The number of rotatable bonds is 5. The van der Waals surface area contributed by atoms with Crippen molar-refractivity contribution in [2.24, 2.45) is 0 Å². The van der Waals surface area contributed by atoms with Crippen molar-refractivity contribution in [1.82, 2.24) is 4.98 Å². The Morgan fingerprint density at radius 1 is 1.04 bits per heavy atom. The number of nitrogens with zero attached hydrogens (tertiary/aromatic N) is 1. The van der Waals surface area contributed by atoms with Gasteiger partial charge in [0.15, 0.2) is 0 Å². The van der Waals surface area contributed by atoms with E-state index in [1.54, 1.807) is 0 Å². The summed E-state index contributed by atoms with van der Waals surface area (Å²) in [4.78, 5) is 4.77. The molecule has 0 radical (unpaired) electrons. The van der Waals surface area contributed by atoms with Crippen LogP contribution in [0.4, 0.5) is 5.69 Å². The van der Waals surface area contributed by atoms with Crippen molar-refractivity contribution < 1.29 is 10.2 Å². The maximum atomic E-state index is 9.62. The van der Waals surface area contributed by atoms with Crippen molar-refractivity contribution in [3.63, 3.8) is 0 Å². The third-order valence-electron chi connectivity index (χ3n) is 4.26. The normalized spacial score (nSPS) is 11.8. The molecule has 0 bridgehead atoms. The molecule has 0 aliphatic carbocycles. The van der Waals surface area contributed by atoms with Crippen LogP contribution >= 0.6 is 12.4 Å². The number of nitrogens with one attached hydrogen (secondary N) is 1. The summed E-state index contributed by atoms with van der Waals surface area (Å²) >= 11 is 0. The highest BCUT2D eigenvalue weighted by Crippen LogP contribution is 2.29. The molecule has 3 N–H and O–H groups in total. The summed E-state index contributed by atoms with van der Waals surface area (Å²) in [7, 11) is 0. The minimum absolute atomic E-state index is 0. The van der Waals surface area contributed by atoms with E-state index in [1.807, 2.05) is 30.3 Å². The van der Waals surface area contributed by atoms with Crippen LogP contribution in [-0.4, -0.2) is 34.5 Å². The lowest BCUT2D eigenvalue weighted by molar-refractivity contribution is 0.105. The molecule has 25 heavy (non-hydrogen) atoms. The quantitative estimate of drug-likeness (QED) is 0.650. The van der Waals surface area contributed by atoms with E-state index in [-0.39, 0.29) is 25.6 Å². The highest BCUT2D eigenvalue weighted by Gasteiger charge is 2.09. The first-order valence-corrected chi connectivity index (χ1v) is 8.08. The lowest BCUT2D eigenvalue weighted by atomic mass is 10.0. The molecule has 0 spiro atoms. The summed E-state index contributed by atoms with van der Waals surface area (Å²) in [5, 5.41) is 22.8.